The molecule has 3 nitrogen and oxygen atoms in total. The third kappa shape index (κ3) is 6.06. The van der Waals surface area contributed by atoms with Crippen molar-refractivity contribution in [1.29, 1.82) is 0 Å². The maximum Gasteiger partial charge on any atom is 0.416 e. The van der Waals surface area contributed by atoms with Gasteiger partial charge in [0, 0.05) is 13.2 Å². The molecule has 0 aliphatic heterocycles. The standard InChI is InChI=1S/C14H18F3NO2/c15-14(16,17)12-6-4-5-11(9-12)10-13(20)18-7-2-1-3-8-19/h4-6,9,19H,1-3,7-8,10H2,(H,18,20). The molecule has 112 valence electrons. The van der Waals surface area contributed by atoms with Crippen LogP contribution in [0.25, 0.3) is 0 Å². The van der Waals surface area contributed by atoms with Gasteiger partial charge in [-0.15, -0.1) is 0 Å². The quantitative estimate of drug-likeness (QED) is 0.758. The fourth-order valence-electron chi connectivity index (χ4n) is 1.75. The highest BCUT2D eigenvalue weighted by Crippen LogP contribution is 2.29. The summed E-state index contributed by atoms with van der Waals surface area (Å²) in [6.07, 6.45) is -2.22. The highest BCUT2D eigenvalue weighted by atomic mass is 19.4. The van der Waals surface area contributed by atoms with Gasteiger partial charge in [-0.2, -0.15) is 13.2 Å². The Morgan fingerprint density at radius 3 is 2.60 bits per heavy atom. The SMILES string of the molecule is O=C(Cc1cccc(C(F)(F)F)c1)NCCCCCO. The third-order valence-corrected chi connectivity index (χ3v) is 2.78. The molecule has 1 rings (SSSR count). The van der Waals surface area contributed by atoms with Crippen LogP contribution in [-0.2, 0) is 17.4 Å². The van der Waals surface area contributed by atoms with Crippen molar-refractivity contribution >= 4 is 5.91 Å². The molecule has 0 aliphatic rings. The smallest absolute Gasteiger partial charge is 0.396 e. The third-order valence-electron chi connectivity index (χ3n) is 2.78. The summed E-state index contributed by atoms with van der Waals surface area (Å²) in [5.41, 5.74) is -0.404. The molecule has 6 heteroatoms. The largest absolute Gasteiger partial charge is 0.416 e. The van der Waals surface area contributed by atoms with Gasteiger partial charge in [-0.05, 0) is 30.9 Å². The first kappa shape index (κ1) is 16.5. The predicted molar refractivity (Wildman–Crippen MR) is 69.1 cm³/mol. The first-order valence-electron chi connectivity index (χ1n) is 6.47. The Morgan fingerprint density at radius 1 is 1.20 bits per heavy atom. The van der Waals surface area contributed by atoms with Crippen LogP contribution in [-0.4, -0.2) is 24.2 Å². The molecule has 0 aromatic heterocycles. The summed E-state index contributed by atoms with van der Waals surface area (Å²) < 4.78 is 37.5. The minimum atomic E-state index is -4.39. The van der Waals surface area contributed by atoms with E-state index in [1.54, 1.807) is 0 Å². The number of carbonyl (C=O) groups excluding carboxylic acids is 1. The van der Waals surface area contributed by atoms with Crippen molar-refractivity contribution in [2.24, 2.45) is 0 Å². The molecule has 0 atom stereocenters. The van der Waals surface area contributed by atoms with Crippen LogP contribution in [0.2, 0.25) is 0 Å². The second-order valence-corrected chi connectivity index (χ2v) is 4.51. The first-order valence-corrected chi connectivity index (χ1v) is 6.47. The summed E-state index contributed by atoms with van der Waals surface area (Å²) in [6.45, 7) is 0.593. The lowest BCUT2D eigenvalue weighted by Gasteiger charge is -2.09. The lowest BCUT2D eigenvalue weighted by Crippen LogP contribution is -2.26. The van der Waals surface area contributed by atoms with Crippen molar-refractivity contribution in [2.45, 2.75) is 31.9 Å². The van der Waals surface area contributed by atoms with E-state index < -0.39 is 11.7 Å². The summed E-state index contributed by atoms with van der Waals surface area (Å²) in [5, 5.41) is 11.2. The number of aliphatic hydroxyl groups is 1. The normalized spacial score (nSPS) is 11.4. The van der Waals surface area contributed by atoms with E-state index in [1.165, 1.54) is 12.1 Å². The highest BCUT2D eigenvalue weighted by Gasteiger charge is 2.30. The Labute approximate surface area is 115 Å². The molecule has 1 amide bonds. The number of amides is 1. The molecule has 0 fully saturated rings. The minimum absolute atomic E-state index is 0.0656. The van der Waals surface area contributed by atoms with Crippen LogP contribution in [0.15, 0.2) is 24.3 Å². The molecule has 1 aromatic carbocycles. The van der Waals surface area contributed by atoms with E-state index in [2.05, 4.69) is 5.32 Å². The van der Waals surface area contributed by atoms with Crippen molar-refractivity contribution in [1.82, 2.24) is 5.32 Å². The average Bonchev–Trinajstić information content (AvgIpc) is 2.38. The fourth-order valence-corrected chi connectivity index (χ4v) is 1.75. The predicted octanol–water partition coefficient (Wildman–Crippen LogP) is 2.53. The number of hydrogen-bond acceptors (Lipinski definition) is 2. The van der Waals surface area contributed by atoms with Crippen LogP contribution in [0.4, 0.5) is 13.2 Å². The maximum absolute atomic E-state index is 12.5. The molecule has 0 saturated carbocycles. The van der Waals surface area contributed by atoms with Crippen molar-refractivity contribution in [3.8, 4) is 0 Å². The number of halogens is 3. The molecule has 0 radical (unpaired) electrons. The lowest BCUT2D eigenvalue weighted by molar-refractivity contribution is -0.137. The highest BCUT2D eigenvalue weighted by molar-refractivity contribution is 5.78. The minimum Gasteiger partial charge on any atom is -0.396 e. The zero-order valence-corrected chi connectivity index (χ0v) is 11.0. The molecular formula is C14H18F3NO2. The van der Waals surface area contributed by atoms with Crippen LogP contribution in [0, 0.1) is 0 Å². The van der Waals surface area contributed by atoms with Crippen LogP contribution in [0.1, 0.15) is 30.4 Å². The van der Waals surface area contributed by atoms with Gasteiger partial charge in [0.05, 0.1) is 12.0 Å². The summed E-state index contributed by atoms with van der Waals surface area (Å²) in [6, 6.07) is 4.77. The molecule has 0 heterocycles. The zero-order valence-electron chi connectivity index (χ0n) is 11.0. The monoisotopic (exact) mass is 289 g/mol. The van der Waals surface area contributed by atoms with Crippen molar-refractivity contribution in [3.05, 3.63) is 35.4 Å². The second kappa shape index (κ2) is 7.89. The van der Waals surface area contributed by atoms with Crippen LogP contribution >= 0.6 is 0 Å². The van der Waals surface area contributed by atoms with Crippen molar-refractivity contribution in [2.75, 3.05) is 13.2 Å². The molecular weight excluding hydrogens is 271 g/mol. The van der Waals surface area contributed by atoms with E-state index in [-0.39, 0.29) is 18.9 Å². The van der Waals surface area contributed by atoms with Gasteiger partial charge in [-0.25, -0.2) is 0 Å². The zero-order chi connectivity index (χ0) is 15.0. The van der Waals surface area contributed by atoms with Gasteiger partial charge in [0.15, 0.2) is 0 Å². The topological polar surface area (TPSA) is 49.3 Å². The van der Waals surface area contributed by atoms with E-state index in [4.69, 9.17) is 5.11 Å². The molecule has 0 saturated heterocycles. The van der Waals surface area contributed by atoms with Crippen LogP contribution < -0.4 is 5.32 Å². The second-order valence-electron chi connectivity index (χ2n) is 4.51. The summed E-state index contributed by atoms with van der Waals surface area (Å²) in [5.74, 6) is -0.298. The van der Waals surface area contributed by atoms with Crippen molar-refractivity contribution in [3.63, 3.8) is 0 Å². The van der Waals surface area contributed by atoms with Crippen LogP contribution in [0.5, 0.6) is 0 Å². The van der Waals surface area contributed by atoms with Crippen LogP contribution in [0.3, 0.4) is 0 Å². The summed E-state index contributed by atoms with van der Waals surface area (Å²) in [7, 11) is 0. The van der Waals surface area contributed by atoms with E-state index >= 15 is 0 Å². The van der Waals surface area contributed by atoms with Gasteiger partial charge in [0.25, 0.3) is 0 Å². The Bertz CT molecular complexity index is 433. The Kier molecular flexibility index (Phi) is 6.51. The van der Waals surface area contributed by atoms with Crippen molar-refractivity contribution < 1.29 is 23.1 Å². The molecule has 20 heavy (non-hydrogen) atoms. The number of alkyl halides is 3. The molecule has 2 N–H and O–H groups in total. The maximum atomic E-state index is 12.5. The number of carbonyl (C=O) groups is 1. The Morgan fingerprint density at radius 2 is 1.95 bits per heavy atom. The first-order chi connectivity index (χ1) is 9.43. The number of hydrogen-bond donors (Lipinski definition) is 2. The number of nitrogens with one attached hydrogen (secondary N) is 1. The summed E-state index contributed by atoms with van der Waals surface area (Å²) >= 11 is 0. The van der Waals surface area contributed by atoms with E-state index in [0.717, 1.165) is 25.0 Å². The van der Waals surface area contributed by atoms with E-state index in [9.17, 15) is 18.0 Å². The number of unbranched alkanes of at least 4 members (excludes halogenated alkanes) is 2. The van der Waals surface area contributed by atoms with Gasteiger partial charge in [-0.3, -0.25) is 4.79 Å². The van der Waals surface area contributed by atoms with E-state index in [1.807, 2.05) is 0 Å². The molecule has 0 aliphatic carbocycles. The Balaban J connectivity index is 2.42. The fraction of sp³-hybridized carbons (Fsp3) is 0.500. The van der Waals surface area contributed by atoms with Gasteiger partial charge in [0.1, 0.15) is 0 Å². The van der Waals surface area contributed by atoms with Gasteiger partial charge < -0.3 is 10.4 Å². The number of aliphatic hydroxyl groups excluding tert-OH is 1. The molecule has 0 bridgehead atoms. The molecule has 1 aromatic rings. The Hall–Kier alpha value is -1.56. The number of benzene rings is 1. The van der Waals surface area contributed by atoms with Gasteiger partial charge in [-0.1, -0.05) is 18.2 Å². The molecule has 0 unspecified atom stereocenters. The average molecular weight is 289 g/mol. The van der Waals surface area contributed by atoms with Gasteiger partial charge >= 0.3 is 6.18 Å². The summed E-state index contributed by atoms with van der Waals surface area (Å²) in [4.78, 5) is 11.6. The number of rotatable bonds is 7. The molecule has 0 spiro atoms. The van der Waals surface area contributed by atoms with E-state index in [0.29, 0.717) is 18.5 Å². The van der Waals surface area contributed by atoms with Gasteiger partial charge in [0.2, 0.25) is 5.91 Å². The lowest BCUT2D eigenvalue weighted by atomic mass is 10.1.